The standard InChI is InChI=1S/C12H9BrClF3N4/c1-18-9-5-10(21-11(20-9)12(15,16)17)19-8-4-6(13)2-3-7(8)14/h2-5H,1H3,(H2,18,19,20,21). The summed E-state index contributed by atoms with van der Waals surface area (Å²) in [4.78, 5) is 6.83. The molecule has 112 valence electrons. The van der Waals surface area contributed by atoms with Gasteiger partial charge in [0.25, 0.3) is 0 Å². The molecule has 0 amide bonds. The average molecular weight is 382 g/mol. The number of hydrogen-bond donors (Lipinski definition) is 2. The van der Waals surface area contributed by atoms with Crippen molar-refractivity contribution in [1.82, 2.24) is 9.97 Å². The maximum Gasteiger partial charge on any atom is 0.451 e. The average Bonchev–Trinajstić information content (AvgIpc) is 2.41. The second-order valence-corrected chi connectivity index (χ2v) is 5.28. The van der Waals surface area contributed by atoms with E-state index in [1.54, 1.807) is 18.2 Å². The Morgan fingerprint density at radius 3 is 2.43 bits per heavy atom. The highest BCUT2D eigenvalue weighted by molar-refractivity contribution is 9.10. The molecule has 4 nitrogen and oxygen atoms in total. The van der Waals surface area contributed by atoms with Crippen molar-refractivity contribution in [3.63, 3.8) is 0 Å². The summed E-state index contributed by atoms with van der Waals surface area (Å²) in [5.41, 5.74) is 0.430. The molecular formula is C12H9BrClF3N4. The molecule has 0 aliphatic heterocycles. The SMILES string of the molecule is CNc1cc(Nc2cc(Br)ccc2Cl)nc(C(F)(F)F)n1. The number of halogens is 5. The van der Waals surface area contributed by atoms with Gasteiger partial charge in [-0.3, -0.25) is 0 Å². The lowest BCUT2D eigenvalue weighted by Gasteiger charge is -2.12. The minimum absolute atomic E-state index is 0.0123. The van der Waals surface area contributed by atoms with Crippen LogP contribution in [-0.4, -0.2) is 17.0 Å². The first kappa shape index (κ1) is 15.8. The van der Waals surface area contributed by atoms with Gasteiger partial charge in [0.2, 0.25) is 5.82 Å². The number of nitrogens with zero attached hydrogens (tertiary/aromatic N) is 2. The molecule has 0 atom stereocenters. The van der Waals surface area contributed by atoms with Crippen LogP contribution in [0.5, 0.6) is 0 Å². The van der Waals surface area contributed by atoms with Crippen molar-refractivity contribution in [2.24, 2.45) is 0 Å². The fraction of sp³-hybridized carbons (Fsp3) is 0.167. The summed E-state index contributed by atoms with van der Waals surface area (Å²) >= 11 is 9.25. The molecule has 0 spiro atoms. The zero-order valence-electron chi connectivity index (χ0n) is 10.6. The van der Waals surface area contributed by atoms with E-state index in [2.05, 4.69) is 36.5 Å². The van der Waals surface area contributed by atoms with Gasteiger partial charge < -0.3 is 10.6 Å². The van der Waals surface area contributed by atoms with E-state index in [4.69, 9.17) is 11.6 Å². The molecule has 2 aromatic rings. The summed E-state index contributed by atoms with van der Waals surface area (Å²) in [5.74, 6) is -1.20. The zero-order valence-corrected chi connectivity index (χ0v) is 12.9. The van der Waals surface area contributed by atoms with E-state index in [9.17, 15) is 13.2 Å². The number of rotatable bonds is 3. The summed E-state index contributed by atoms with van der Waals surface area (Å²) in [6, 6.07) is 6.32. The molecule has 0 aliphatic rings. The van der Waals surface area contributed by atoms with Crippen LogP contribution in [0.3, 0.4) is 0 Å². The number of nitrogens with one attached hydrogen (secondary N) is 2. The lowest BCUT2D eigenvalue weighted by atomic mass is 10.3. The Hall–Kier alpha value is -1.54. The third-order valence-electron chi connectivity index (χ3n) is 2.43. The Bertz CT molecular complexity index is 663. The van der Waals surface area contributed by atoms with Crippen LogP contribution in [0, 0.1) is 0 Å². The number of aromatic nitrogens is 2. The van der Waals surface area contributed by atoms with Crippen LogP contribution in [0.25, 0.3) is 0 Å². The highest BCUT2D eigenvalue weighted by atomic mass is 79.9. The maximum absolute atomic E-state index is 12.8. The van der Waals surface area contributed by atoms with Crippen LogP contribution in [0.2, 0.25) is 5.02 Å². The summed E-state index contributed by atoms with van der Waals surface area (Å²) < 4.78 is 39.0. The van der Waals surface area contributed by atoms with Crippen molar-refractivity contribution in [2.75, 3.05) is 17.7 Å². The number of alkyl halides is 3. The molecule has 2 rings (SSSR count). The predicted octanol–water partition coefficient (Wildman–Crippen LogP) is 4.70. The van der Waals surface area contributed by atoms with Crippen LogP contribution >= 0.6 is 27.5 Å². The van der Waals surface area contributed by atoms with E-state index in [0.29, 0.717) is 10.7 Å². The van der Waals surface area contributed by atoms with Gasteiger partial charge in [0, 0.05) is 17.6 Å². The molecule has 0 bridgehead atoms. The van der Waals surface area contributed by atoms with Crippen molar-refractivity contribution >= 4 is 44.9 Å². The van der Waals surface area contributed by atoms with Crippen molar-refractivity contribution in [3.05, 3.63) is 39.6 Å². The monoisotopic (exact) mass is 380 g/mol. The zero-order chi connectivity index (χ0) is 15.6. The first-order valence-electron chi connectivity index (χ1n) is 5.65. The molecule has 1 heterocycles. The highest BCUT2D eigenvalue weighted by Gasteiger charge is 2.35. The molecule has 9 heteroatoms. The first-order chi connectivity index (χ1) is 9.79. The minimum atomic E-state index is -4.63. The van der Waals surface area contributed by atoms with Crippen LogP contribution in [-0.2, 0) is 6.18 Å². The summed E-state index contributed by atoms with van der Waals surface area (Å²) in [6.45, 7) is 0. The van der Waals surface area contributed by atoms with Gasteiger partial charge in [-0.25, -0.2) is 9.97 Å². The van der Waals surface area contributed by atoms with Gasteiger partial charge in [-0.1, -0.05) is 27.5 Å². The van der Waals surface area contributed by atoms with Crippen LogP contribution in [0.4, 0.5) is 30.5 Å². The molecule has 0 radical (unpaired) electrons. The van der Waals surface area contributed by atoms with Crippen LogP contribution in [0.1, 0.15) is 5.82 Å². The fourth-order valence-electron chi connectivity index (χ4n) is 1.50. The topological polar surface area (TPSA) is 49.8 Å². The van der Waals surface area contributed by atoms with E-state index in [1.165, 1.54) is 13.1 Å². The van der Waals surface area contributed by atoms with E-state index < -0.39 is 12.0 Å². The lowest BCUT2D eigenvalue weighted by Crippen LogP contribution is -2.13. The van der Waals surface area contributed by atoms with Gasteiger partial charge in [0.1, 0.15) is 11.6 Å². The molecule has 1 aromatic carbocycles. The Morgan fingerprint density at radius 2 is 1.81 bits per heavy atom. The summed E-state index contributed by atoms with van der Waals surface area (Å²) in [6.07, 6.45) is -4.63. The molecule has 1 aromatic heterocycles. The molecule has 2 N–H and O–H groups in total. The molecule has 0 saturated heterocycles. The van der Waals surface area contributed by atoms with E-state index in [1.807, 2.05) is 0 Å². The number of hydrogen-bond acceptors (Lipinski definition) is 4. The normalized spacial score (nSPS) is 11.3. The summed E-state index contributed by atoms with van der Waals surface area (Å²) in [5, 5.41) is 5.66. The molecular weight excluding hydrogens is 373 g/mol. The van der Waals surface area contributed by atoms with Gasteiger partial charge in [0.05, 0.1) is 10.7 Å². The largest absolute Gasteiger partial charge is 0.451 e. The number of anilines is 3. The Morgan fingerprint density at radius 1 is 1.14 bits per heavy atom. The number of benzene rings is 1. The van der Waals surface area contributed by atoms with Gasteiger partial charge in [-0.15, -0.1) is 0 Å². The molecule has 0 aliphatic carbocycles. The van der Waals surface area contributed by atoms with Crippen LogP contribution in [0.15, 0.2) is 28.7 Å². The van der Waals surface area contributed by atoms with Gasteiger partial charge in [0.15, 0.2) is 0 Å². The minimum Gasteiger partial charge on any atom is -0.373 e. The smallest absolute Gasteiger partial charge is 0.373 e. The second-order valence-electron chi connectivity index (χ2n) is 3.96. The first-order valence-corrected chi connectivity index (χ1v) is 6.83. The highest BCUT2D eigenvalue weighted by Crippen LogP contribution is 2.31. The summed E-state index contributed by atoms with van der Waals surface area (Å²) in [7, 11) is 1.47. The molecule has 21 heavy (non-hydrogen) atoms. The molecule has 0 fully saturated rings. The molecule has 0 saturated carbocycles. The Balaban J connectivity index is 2.42. The second kappa shape index (κ2) is 6.07. The van der Waals surface area contributed by atoms with Crippen LogP contribution < -0.4 is 10.6 Å². The quantitative estimate of drug-likeness (QED) is 0.809. The lowest BCUT2D eigenvalue weighted by molar-refractivity contribution is -0.144. The Kier molecular flexibility index (Phi) is 4.58. The van der Waals surface area contributed by atoms with Crippen molar-refractivity contribution < 1.29 is 13.2 Å². The van der Waals surface area contributed by atoms with E-state index in [0.717, 1.165) is 4.47 Å². The van der Waals surface area contributed by atoms with Gasteiger partial charge in [-0.05, 0) is 18.2 Å². The third-order valence-corrected chi connectivity index (χ3v) is 3.25. The maximum atomic E-state index is 12.8. The molecule has 0 unspecified atom stereocenters. The van der Waals surface area contributed by atoms with E-state index in [-0.39, 0.29) is 11.6 Å². The van der Waals surface area contributed by atoms with Crippen molar-refractivity contribution in [3.8, 4) is 0 Å². The van der Waals surface area contributed by atoms with Gasteiger partial charge >= 0.3 is 6.18 Å². The Labute approximate surface area is 131 Å². The van der Waals surface area contributed by atoms with Gasteiger partial charge in [-0.2, -0.15) is 13.2 Å². The van der Waals surface area contributed by atoms with Crippen molar-refractivity contribution in [1.29, 1.82) is 0 Å². The fourth-order valence-corrected chi connectivity index (χ4v) is 2.02. The predicted molar refractivity (Wildman–Crippen MR) is 79.0 cm³/mol. The third kappa shape index (κ3) is 3.98. The van der Waals surface area contributed by atoms with Crippen molar-refractivity contribution in [2.45, 2.75) is 6.18 Å². The van der Waals surface area contributed by atoms with E-state index >= 15 is 0 Å².